The molecule has 1 N–H and O–H groups in total. The van der Waals surface area contributed by atoms with Crippen molar-refractivity contribution in [3.8, 4) is 5.75 Å². The fraction of sp³-hybridized carbons (Fsp3) is 0.310. The topological polar surface area (TPSA) is 71.1 Å². The van der Waals surface area contributed by atoms with Crippen LogP contribution in [0.3, 0.4) is 0 Å². The number of ether oxygens (including phenoxy) is 2. The minimum Gasteiger partial charge on any atom is -0.488 e. The molecule has 188 valence electrons. The highest BCUT2D eigenvalue weighted by Crippen LogP contribution is 2.22. The maximum Gasteiger partial charge on any atom is 0.342 e. The van der Waals surface area contributed by atoms with Gasteiger partial charge in [0.25, 0.3) is 5.91 Å². The van der Waals surface area contributed by atoms with Crippen LogP contribution in [0.25, 0.3) is 0 Å². The van der Waals surface area contributed by atoms with Crippen LogP contribution >= 0.6 is 0 Å². The predicted octanol–water partition coefficient (Wildman–Crippen LogP) is 4.51. The minimum atomic E-state index is -0.605. The Bertz CT molecular complexity index is 1170. The van der Waals surface area contributed by atoms with Gasteiger partial charge in [0, 0.05) is 37.6 Å². The Labute approximate surface area is 212 Å². The van der Waals surface area contributed by atoms with E-state index in [9.17, 15) is 9.59 Å². The monoisotopic (exact) mass is 487 g/mol. The summed E-state index contributed by atoms with van der Waals surface area (Å²) in [7, 11) is 0. The van der Waals surface area contributed by atoms with E-state index < -0.39 is 11.9 Å². The van der Waals surface area contributed by atoms with Crippen molar-refractivity contribution < 1.29 is 19.1 Å². The van der Waals surface area contributed by atoms with Gasteiger partial charge in [-0.2, -0.15) is 0 Å². The van der Waals surface area contributed by atoms with Crippen LogP contribution in [0.5, 0.6) is 5.75 Å². The summed E-state index contributed by atoms with van der Waals surface area (Å²) in [5.41, 5.74) is 4.22. The summed E-state index contributed by atoms with van der Waals surface area (Å²) >= 11 is 0. The lowest BCUT2D eigenvalue weighted by molar-refractivity contribution is -0.119. The van der Waals surface area contributed by atoms with Crippen LogP contribution in [-0.2, 0) is 16.1 Å². The van der Waals surface area contributed by atoms with E-state index in [0.717, 1.165) is 49.5 Å². The molecule has 36 heavy (non-hydrogen) atoms. The average Bonchev–Trinajstić information content (AvgIpc) is 2.91. The number of nitrogens with one attached hydrogen (secondary N) is 1. The van der Waals surface area contributed by atoms with Crippen LogP contribution < -0.4 is 15.0 Å². The second kappa shape index (κ2) is 12.2. The number of anilines is 2. The lowest BCUT2D eigenvalue weighted by Crippen LogP contribution is -2.46. The van der Waals surface area contributed by atoms with Crippen molar-refractivity contribution in [3.05, 3.63) is 89.5 Å². The molecule has 1 aliphatic heterocycles. The second-order valence-corrected chi connectivity index (χ2v) is 8.87. The van der Waals surface area contributed by atoms with Gasteiger partial charge in [-0.15, -0.1) is 0 Å². The van der Waals surface area contributed by atoms with Gasteiger partial charge in [-0.05, 0) is 55.4 Å². The van der Waals surface area contributed by atoms with Gasteiger partial charge in [0.2, 0.25) is 0 Å². The highest BCUT2D eigenvalue weighted by Gasteiger charge is 2.17. The van der Waals surface area contributed by atoms with E-state index in [1.807, 2.05) is 55.5 Å². The number of nitrogens with zero attached hydrogens (tertiary/aromatic N) is 2. The van der Waals surface area contributed by atoms with Gasteiger partial charge in [-0.1, -0.05) is 48.9 Å². The molecule has 0 spiro atoms. The van der Waals surface area contributed by atoms with Crippen LogP contribution in [0.2, 0.25) is 0 Å². The number of hydrogen-bond acceptors (Lipinski definition) is 6. The largest absolute Gasteiger partial charge is 0.488 e. The molecule has 0 aliphatic carbocycles. The number of carbonyl (C=O) groups excluding carboxylic acids is 2. The molecule has 0 saturated carbocycles. The van der Waals surface area contributed by atoms with Crippen LogP contribution in [0.4, 0.5) is 11.4 Å². The number of carbonyl (C=O) groups is 2. The normalized spacial score (nSPS) is 13.8. The molecule has 0 atom stereocenters. The molecule has 1 heterocycles. The zero-order chi connectivity index (χ0) is 25.3. The zero-order valence-electron chi connectivity index (χ0n) is 20.9. The SMILES string of the molecule is CCN1CCN(c2ccc(NC(=O)COC(=O)c3ccccc3OCc3cccc(C)c3)cc2)CC1. The van der Waals surface area contributed by atoms with Crippen LogP contribution in [0.1, 0.15) is 28.4 Å². The first-order valence-electron chi connectivity index (χ1n) is 12.3. The Kier molecular flexibility index (Phi) is 8.57. The number of esters is 1. The first-order valence-corrected chi connectivity index (χ1v) is 12.3. The van der Waals surface area contributed by atoms with Gasteiger partial charge in [0.05, 0.1) is 0 Å². The fourth-order valence-electron chi connectivity index (χ4n) is 4.21. The van der Waals surface area contributed by atoms with E-state index in [-0.39, 0.29) is 12.2 Å². The summed E-state index contributed by atoms with van der Waals surface area (Å²) in [5, 5.41) is 2.79. The third kappa shape index (κ3) is 6.86. The van der Waals surface area contributed by atoms with Crippen molar-refractivity contribution in [3.63, 3.8) is 0 Å². The Hall–Kier alpha value is -3.84. The Morgan fingerprint density at radius 2 is 1.67 bits per heavy atom. The molecule has 7 nitrogen and oxygen atoms in total. The highest BCUT2D eigenvalue weighted by molar-refractivity contribution is 5.96. The quantitative estimate of drug-likeness (QED) is 0.448. The standard InChI is InChI=1S/C29H33N3O4/c1-3-31-15-17-32(18-16-31)25-13-11-24(12-14-25)30-28(33)21-36-29(34)26-9-4-5-10-27(26)35-20-23-8-6-7-22(2)19-23/h4-14,19H,3,15-18,20-21H2,1-2H3,(H,30,33). The molecule has 4 rings (SSSR count). The third-order valence-electron chi connectivity index (χ3n) is 6.25. The van der Waals surface area contributed by atoms with E-state index in [4.69, 9.17) is 9.47 Å². The fourth-order valence-corrected chi connectivity index (χ4v) is 4.21. The molecule has 3 aromatic carbocycles. The molecule has 1 fully saturated rings. The van der Waals surface area contributed by atoms with Crippen molar-refractivity contribution in [2.45, 2.75) is 20.5 Å². The maximum atomic E-state index is 12.7. The molecule has 0 bridgehead atoms. The number of amides is 1. The van der Waals surface area contributed by atoms with Gasteiger partial charge in [0.15, 0.2) is 6.61 Å². The molecule has 0 aromatic heterocycles. The molecular formula is C29H33N3O4. The molecule has 1 saturated heterocycles. The van der Waals surface area contributed by atoms with Crippen LogP contribution in [-0.4, -0.2) is 56.1 Å². The van der Waals surface area contributed by atoms with E-state index in [1.54, 1.807) is 24.3 Å². The molecular weight excluding hydrogens is 454 g/mol. The Morgan fingerprint density at radius 3 is 2.39 bits per heavy atom. The van der Waals surface area contributed by atoms with Crippen LogP contribution in [0, 0.1) is 6.92 Å². The van der Waals surface area contributed by atoms with Crippen molar-refractivity contribution in [2.24, 2.45) is 0 Å². The zero-order valence-corrected chi connectivity index (χ0v) is 20.9. The average molecular weight is 488 g/mol. The molecule has 3 aromatic rings. The summed E-state index contributed by atoms with van der Waals surface area (Å²) in [6, 6.07) is 22.6. The molecule has 7 heteroatoms. The van der Waals surface area contributed by atoms with Gasteiger partial charge in [0.1, 0.15) is 17.9 Å². The number of hydrogen-bond donors (Lipinski definition) is 1. The molecule has 1 aliphatic rings. The van der Waals surface area contributed by atoms with E-state index in [0.29, 0.717) is 18.0 Å². The summed E-state index contributed by atoms with van der Waals surface area (Å²) in [5.74, 6) is -0.586. The summed E-state index contributed by atoms with van der Waals surface area (Å²) < 4.78 is 11.1. The maximum absolute atomic E-state index is 12.7. The Morgan fingerprint density at radius 1 is 0.917 bits per heavy atom. The number of aryl methyl sites for hydroxylation is 1. The summed E-state index contributed by atoms with van der Waals surface area (Å²) in [6.07, 6.45) is 0. The summed E-state index contributed by atoms with van der Waals surface area (Å²) in [4.78, 5) is 29.8. The van der Waals surface area contributed by atoms with Crippen molar-refractivity contribution in [1.82, 2.24) is 4.90 Å². The molecule has 0 radical (unpaired) electrons. The van der Waals surface area contributed by atoms with Gasteiger partial charge >= 0.3 is 5.97 Å². The Balaban J connectivity index is 1.27. The van der Waals surface area contributed by atoms with E-state index in [1.165, 1.54) is 0 Å². The van der Waals surface area contributed by atoms with Crippen molar-refractivity contribution in [2.75, 3.05) is 49.5 Å². The van der Waals surface area contributed by atoms with E-state index in [2.05, 4.69) is 22.0 Å². The van der Waals surface area contributed by atoms with Crippen molar-refractivity contribution in [1.29, 1.82) is 0 Å². The second-order valence-electron chi connectivity index (χ2n) is 8.87. The number of para-hydroxylation sites is 1. The first kappa shape index (κ1) is 25.3. The van der Waals surface area contributed by atoms with Crippen molar-refractivity contribution >= 4 is 23.3 Å². The number of benzene rings is 3. The smallest absolute Gasteiger partial charge is 0.342 e. The number of rotatable bonds is 9. The number of piperazine rings is 1. The molecule has 1 amide bonds. The summed E-state index contributed by atoms with van der Waals surface area (Å²) in [6.45, 7) is 9.32. The lowest BCUT2D eigenvalue weighted by Gasteiger charge is -2.35. The van der Waals surface area contributed by atoms with Gasteiger partial charge in [-0.3, -0.25) is 4.79 Å². The van der Waals surface area contributed by atoms with E-state index >= 15 is 0 Å². The highest BCUT2D eigenvalue weighted by atomic mass is 16.5. The molecule has 0 unspecified atom stereocenters. The minimum absolute atomic E-state index is 0.283. The van der Waals surface area contributed by atoms with Gasteiger partial charge in [-0.25, -0.2) is 4.79 Å². The third-order valence-corrected chi connectivity index (χ3v) is 6.25. The van der Waals surface area contributed by atoms with Crippen LogP contribution in [0.15, 0.2) is 72.8 Å². The first-order chi connectivity index (χ1) is 17.5. The predicted molar refractivity (Wildman–Crippen MR) is 142 cm³/mol. The lowest BCUT2D eigenvalue weighted by atomic mass is 10.1. The number of likely N-dealkylation sites (N-methyl/N-ethyl adjacent to an activating group) is 1. The van der Waals surface area contributed by atoms with Gasteiger partial charge < -0.3 is 24.6 Å².